The van der Waals surface area contributed by atoms with Crippen LogP contribution in [0.25, 0.3) is 0 Å². The van der Waals surface area contributed by atoms with Gasteiger partial charge in [0.05, 0.1) is 11.9 Å². The Kier molecular flexibility index (Phi) is 4.59. The van der Waals surface area contributed by atoms with Gasteiger partial charge in [-0.05, 0) is 36.9 Å². The first kappa shape index (κ1) is 13.3. The van der Waals surface area contributed by atoms with Crippen LogP contribution in [0.4, 0.5) is 5.69 Å². The molecule has 0 amide bonds. The Morgan fingerprint density at radius 3 is 3.06 bits per heavy atom. The average Bonchev–Trinajstić information content (AvgIpc) is 2.86. The number of rotatable bonds is 5. The maximum atomic E-state index is 4.32. The van der Waals surface area contributed by atoms with Gasteiger partial charge in [-0.3, -0.25) is 4.98 Å². The lowest BCUT2D eigenvalue weighted by Crippen LogP contribution is -2.34. The molecule has 1 atom stereocenters. The first-order chi connectivity index (χ1) is 8.74. The summed E-state index contributed by atoms with van der Waals surface area (Å²) >= 11 is 0. The number of pyridine rings is 1. The van der Waals surface area contributed by atoms with E-state index >= 15 is 0 Å². The molecule has 1 saturated heterocycles. The molecule has 0 spiro atoms. The molecule has 0 saturated carbocycles. The summed E-state index contributed by atoms with van der Waals surface area (Å²) in [6, 6.07) is 2.82. The smallest absolute Gasteiger partial charge is 0.0600 e. The van der Waals surface area contributed by atoms with Crippen molar-refractivity contribution in [1.29, 1.82) is 0 Å². The van der Waals surface area contributed by atoms with Gasteiger partial charge in [-0.25, -0.2) is 0 Å². The van der Waals surface area contributed by atoms with Crippen molar-refractivity contribution in [1.82, 2.24) is 10.3 Å². The first-order valence-electron chi connectivity index (χ1n) is 7.14. The van der Waals surface area contributed by atoms with Crippen LogP contribution < -0.4 is 10.2 Å². The molecular formula is C15H25N3. The lowest BCUT2D eigenvalue weighted by atomic mass is 10.0. The summed E-state index contributed by atoms with van der Waals surface area (Å²) in [5, 5.41) is 3.42. The van der Waals surface area contributed by atoms with E-state index in [1.165, 1.54) is 30.6 Å². The summed E-state index contributed by atoms with van der Waals surface area (Å²) < 4.78 is 0. The van der Waals surface area contributed by atoms with Crippen molar-refractivity contribution in [3.8, 4) is 0 Å². The van der Waals surface area contributed by atoms with Crippen LogP contribution in [0.15, 0.2) is 18.5 Å². The van der Waals surface area contributed by atoms with E-state index in [-0.39, 0.29) is 0 Å². The van der Waals surface area contributed by atoms with E-state index in [0.29, 0.717) is 12.0 Å². The zero-order chi connectivity index (χ0) is 13.0. The Bertz CT molecular complexity index is 376. The highest BCUT2D eigenvalue weighted by Gasteiger charge is 2.28. The molecule has 3 nitrogen and oxygen atoms in total. The molecule has 1 N–H and O–H groups in total. The number of hydrogen-bond acceptors (Lipinski definition) is 3. The van der Waals surface area contributed by atoms with Crippen molar-refractivity contribution in [2.45, 2.75) is 46.2 Å². The van der Waals surface area contributed by atoms with Crippen molar-refractivity contribution in [3.63, 3.8) is 0 Å². The predicted molar refractivity (Wildman–Crippen MR) is 76.8 cm³/mol. The van der Waals surface area contributed by atoms with E-state index in [9.17, 15) is 0 Å². The fourth-order valence-electron chi connectivity index (χ4n) is 2.87. The molecule has 2 heterocycles. The first-order valence-corrected chi connectivity index (χ1v) is 7.14. The molecule has 100 valence electrons. The third-order valence-electron chi connectivity index (χ3n) is 3.83. The number of aromatic nitrogens is 1. The Balaban J connectivity index is 2.21. The largest absolute Gasteiger partial charge is 0.367 e. The second-order valence-electron chi connectivity index (χ2n) is 5.43. The maximum absolute atomic E-state index is 4.32. The summed E-state index contributed by atoms with van der Waals surface area (Å²) in [4.78, 5) is 6.88. The SMILES string of the molecule is CCNCc1ccncc1N1CCCC1C(C)C. The summed E-state index contributed by atoms with van der Waals surface area (Å²) in [5.74, 6) is 0.708. The van der Waals surface area contributed by atoms with Crippen LogP contribution in [0.3, 0.4) is 0 Å². The van der Waals surface area contributed by atoms with Crippen molar-refractivity contribution in [2.24, 2.45) is 5.92 Å². The average molecular weight is 247 g/mol. The minimum Gasteiger partial charge on any atom is -0.367 e. The second-order valence-corrected chi connectivity index (χ2v) is 5.43. The second kappa shape index (κ2) is 6.19. The van der Waals surface area contributed by atoms with E-state index in [2.05, 4.69) is 42.0 Å². The molecule has 0 aromatic carbocycles. The molecular weight excluding hydrogens is 222 g/mol. The van der Waals surface area contributed by atoms with Crippen molar-refractivity contribution in [2.75, 3.05) is 18.0 Å². The van der Waals surface area contributed by atoms with E-state index in [1.807, 2.05) is 12.4 Å². The quantitative estimate of drug-likeness (QED) is 0.867. The molecule has 0 aliphatic carbocycles. The van der Waals surface area contributed by atoms with Crippen LogP contribution in [0.5, 0.6) is 0 Å². The number of nitrogens with one attached hydrogen (secondary N) is 1. The number of nitrogens with zero attached hydrogens (tertiary/aromatic N) is 2. The lowest BCUT2D eigenvalue weighted by Gasteiger charge is -2.31. The Hall–Kier alpha value is -1.09. The van der Waals surface area contributed by atoms with E-state index in [0.717, 1.165) is 13.1 Å². The van der Waals surface area contributed by atoms with E-state index < -0.39 is 0 Å². The Morgan fingerprint density at radius 2 is 2.33 bits per heavy atom. The van der Waals surface area contributed by atoms with Crippen LogP contribution >= 0.6 is 0 Å². The van der Waals surface area contributed by atoms with Gasteiger partial charge >= 0.3 is 0 Å². The fourth-order valence-corrected chi connectivity index (χ4v) is 2.87. The van der Waals surface area contributed by atoms with Gasteiger partial charge in [0.1, 0.15) is 0 Å². The van der Waals surface area contributed by atoms with Crippen molar-refractivity contribution < 1.29 is 0 Å². The van der Waals surface area contributed by atoms with Gasteiger partial charge < -0.3 is 10.2 Å². The van der Waals surface area contributed by atoms with Crippen LogP contribution in [0.1, 0.15) is 39.2 Å². The summed E-state index contributed by atoms with van der Waals surface area (Å²) in [6.45, 7) is 9.92. The van der Waals surface area contributed by atoms with Gasteiger partial charge in [0, 0.05) is 25.3 Å². The topological polar surface area (TPSA) is 28.2 Å². The Labute approximate surface area is 111 Å². The standard InChI is InChI=1S/C15H25N3/c1-4-16-10-13-7-8-17-11-15(13)18-9-5-6-14(18)12(2)3/h7-8,11-12,14,16H,4-6,9-10H2,1-3H3. The molecule has 1 aromatic heterocycles. The molecule has 1 unspecified atom stereocenters. The lowest BCUT2D eigenvalue weighted by molar-refractivity contribution is 0.490. The molecule has 1 fully saturated rings. The third kappa shape index (κ3) is 2.83. The molecule has 1 aromatic rings. The number of hydrogen-bond donors (Lipinski definition) is 1. The summed E-state index contributed by atoms with van der Waals surface area (Å²) in [7, 11) is 0. The molecule has 1 aliphatic rings. The highest BCUT2D eigenvalue weighted by molar-refractivity contribution is 5.53. The van der Waals surface area contributed by atoms with Gasteiger partial charge in [-0.1, -0.05) is 20.8 Å². The third-order valence-corrected chi connectivity index (χ3v) is 3.83. The molecule has 3 heteroatoms. The minimum absolute atomic E-state index is 0.676. The molecule has 2 rings (SSSR count). The highest BCUT2D eigenvalue weighted by atomic mass is 15.2. The van der Waals surface area contributed by atoms with Gasteiger partial charge in [-0.15, -0.1) is 0 Å². The minimum atomic E-state index is 0.676. The number of anilines is 1. The van der Waals surface area contributed by atoms with Crippen molar-refractivity contribution >= 4 is 5.69 Å². The molecule has 0 bridgehead atoms. The van der Waals surface area contributed by atoms with Gasteiger partial charge in [-0.2, -0.15) is 0 Å². The molecule has 0 radical (unpaired) electrons. The summed E-state index contributed by atoms with van der Waals surface area (Å²) in [6.07, 6.45) is 6.55. The van der Waals surface area contributed by atoms with Crippen LogP contribution in [0.2, 0.25) is 0 Å². The van der Waals surface area contributed by atoms with Crippen LogP contribution in [-0.4, -0.2) is 24.1 Å². The normalized spacial score (nSPS) is 19.8. The van der Waals surface area contributed by atoms with Crippen LogP contribution in [-0.2, 0) is 6.54 Å². The predicted octanol–water partition coefficient (Wildman–Crippen LogP) is 2.82. The van der Waals surface area contributed by atoms with Gasteiger partial charge in [0.25, 0.3) is 0 Å². The zero-order valence-electron chi connectivity index (χ0n) is 11.8. The fraction of sp³-hybridized carbons (Fsp3) is 0.667. The summed E-state index contributed by atoms with van der Waals surface area (Å²) in [5.41, 5.74) is 2.70. The maximum Gasteiger partial charge on any atom is 0.0600 e. The van der Waals surface area contributed by atoms with Gasteiger partial charge in [0.15, 0.2) is 0 Å². The van der Waals surface area contributed by atoms with Gasteiger partial charge in [0.2, 0.25) is 0 Å². The zero-order valence-corrected chi connectivity index (χ0v) is 11.8. The van der Waals surface area contributed by atoms with E-state index in [1.54, 1.807) is 0 Å². The van der Waals surface area contributed by atoms with E-state index in [4.69, 9.17) is 0 Å². The Morgan fingerprint density at radius 1 is 1.50 bits per heavy atom. The molecule has 18 heavy (non-hydrogen) atoms. The van der Waals surface area contributed by atoms with Crippen molar-refractivity contribution in [3.05, 3.63) is 24.0 Å². The van der Waals surface area contributed by atoms with Crippen LogP contribution in [0, 0.1) is 5.92 Å². The molecule has 1 aliphatic heterocycles. The highest BCUT2D eigenvalue weighted by Crippen LogP contribution is 2.31. The monoisotopic (exact) mass is 247 g/mol.